The Morgan fingerprint density at radius 1 is 1.44 bits per heavy atom. The van der Waals surface area contributed by atoms with Gasteiger partial charge in [-0.25, -0.2) is 0 Å². The van der Waals surface area contributed by atoms with Crippen molar-refractivity contribution in [2.45, 2.75) is 25.0 Å². The normalized spacial score (nSPS) is 36.4. The molecule has 0 aromatic heterocycles. The van der Waals surface area contributed by atoms with E-state index in [1.807, 2.05) is 0 Å². The molecule has 2 fully saturated rings. The fraction of sp³-hybridized carbons (Fsp3) is 1.00. The first kappa shape index (κ1) is 12.3. The molecule has 0 spiro atoms. The Kier molecular flexibility index (Phi) is 4.19. The monoisotopic (exact) mass is 228 g/mol. The van der Waals surface area contributed by atoms with Gasteiger partial charge in [0.1, 0.15) is 0 Å². The van der Waals surface area contributed by atoms with E-state index in [0.29, 0.717) is 12.0 Å². The molecule has 3 atom stereocenters. The minimum Gasteiger partial charge on any atom is -0.392 e. The number of likely N-dealkylation sites (N-methyl/N-ethyl adjacent to an activating group) is 1. The number of likely N-dealkylation sites (tertiary alicyclic amines) is 1. The summed E-state index contributed by atoms with van der Waals surface area (Å²) in [6.45, 7) is 4.80. The Morgan fingerprint density at radius 3 is 2.88 bits per heavy atom. The van der Waals surface area contributed by atoms with Crippen LogP contribution in [0.4, 0.5) is 0 Å². The number of aliphatic hydroxyl groups excluding tert-OH is 1. The number of hydrogen-bond acceptors (Lipinski definition) is 4. The van der Waals surface area contributed by atoms with E-state index in [4.69, 9.17) is 4.74 Å². The quantitative estimate of drug-likeness (QED) is 0.736. The molecule has 2 heterocycles. The van der Waals surface area contributed by atoms with Crippen molar-refractivity contribution >= 4 is 0 Å². The van der Waals surface area contributed by atoms with Crippen molar-refractivity contribution in [3.05, 3.63) is 0 Å². The average Bonchev–Trinajstić information content (AvgIpc) is 2.77. The summed E-state index contributed by atoms with van der Waals surface area (Å²) < 4.78 is 5.41. The summed E-state index contributed by atoms with van der Waals surface area (Å²) in [6.07, 6.45) is 1.97. The molecule has 0 saturated carbocycles. The van der Waals surface area contributed by atoms with Gasteiger partial charge < -0.3 is 14.7 Å². The molecular formula is C12H24N2O2. The zero-order chi connectivity index (χ0) is 11.5. The van der Waals surface area contributed by atoms with Crippen LogP contribution >= 0.6 is 0 Å². The van der Waals surface area contributed by atoms with Crippen LogP contribution in [-0.4, -0.2) is 74.0 Å². The van der Waals surface area contributed by atoms with E-state index in [1.54, 1.807) is 0 Å². The summed E-state index contributed by atoms with van der Waals surface area (Å²) in [7, 11) is 4.20. The molecule has 0 bridgehead atoms. The van der Waals surface area contributed by atoms with E-state index in [0.717, 1.165) is 39.3 Å². The van der Waals surface area contributed by atoms with E-state index in [1.165, 1.54) is 6.42 Å². The van der Waals surface area contributed by atoms with E-state index in [9.17, 15) is 5.11 Å². The maximum atomic E-state index is 9.77. The van der Waals surface area contributed by atoms with Crippen LogP contribution in [0.2, 0.25) is 0 Å². The summed E-state index contributed by atoms with van der Waals surface area (Å²) in [5.41, 5.74) is 0. The summed E-state index contributed by atoms with van der Waals surface area (Å²) in [6, 6.07) is 0.519. The number of aliphatic hydroxyl groups is 1. The average molecular weight is 228 g/mol. The Labute approximate surface area is 98.2 Å². The summed E-state index contributed by atoms with van der Waals surface area (Å²) >= 11 is 0. The van der Waals surface area contributed by atoms with Gasteiger partial charge >= 0.3 is 0 Å². The second-order valence-electron chi connectivity index (χ2n) is 5.49. The molecule has 4 heteroatoms. The third-order valence-corrected chi connectivity index (χ3v) is 3.60. The predicted octanol–water partition coefficient (Wildman–Crippen LogP) is 0.0197. The lowest BCUT2D eigenvalue weighted by Crippen LogP contribution is -2.40. The van der Waals surface area contributed by atoms with Crippen LogP contribution in [-0.2, 0) is 4.74 Å². The largest absolute Gasteiger partial charge is 0.392 e. The van der Waals surface area contributed by atoms with E-state index >= 15 is 0 Å². The van der Waals surface area contributed by atoms with Gasteiger partial charge in [-0.1, -0.05) is 0 Å². The van der Waals surface area contributed by atoms with Gasteiger partial charge in [0.05, 0.1) is 12.7 Å². The van der Waals surface area contributed by atoms with Gasteiger partial charge in [-0.05, 0) is 32.9 Å². The number of ether oxygens (including phenoxy) is 1. The minimum absolute atomic E-state index is 0.132. The molecular weight excluding hydrogens is 204 g/mol. The van der Waals surface area contributed by atoms with Crippen LogP contribution in [0.15, 0.2) is 0 Å². The smallest absolute Gasteiger partial charge is 0.0682 e. The molecule has 0 aliphatic carbocycles. The fourth-order valence-corrected chi connectivity index (χ4v) is 2.85. The van der Waals surface area contributed by atoms with Crippen molar-refractivity contribution in [3.63, 3.8) is 0 Å². The second kappa shape index (κ2) is 5.45. The fourth-order valence-electron chi connectivity index (χ4n) is 2.85. The van der Waals surface area contributed by atoms with E-state index < -0.39 is 0 Å². The van der Waals surface area contributed by atoms with Crippen molar-refractivity contribution < 1.29 is 9.84 Å². The van der Waals surface area contributed by atoms with E-state index in [2.05, 4.69) is 23.9 Å². The Balaban J connectivity index is 1.84. The van der Waals surface area contributed by atoms with Crippen LogP contribution in [0.3, 0.4) is 0 Å². The van der Waals surface area contributed by atoms with Gasteiger partial charge in [0, 0.05) is 32.3 Å². The summed E-state index contributed by atoms with van der Waals surface area (Å²) in [5.74, 6) is 0.676. The second-order valence-corrected chi connectivity index (χ2v) is 5.49. The molecule has 2 aliphatic heterocycles. The van der Waals surface area contributed by atoms with Gasteiger partial charge in [-0.3, -0.25) is 4.90 Å². The predicted molar refractivity (Wildman–Crippen MR) is 63.5 cm³/mol. The summed E-state index contributed by atoms with van der Waals surface area (Å²) in [5, 5.41) is 9.77. The van der Waals surface area contributed by atoms with Crippen LogP contribution in [0.5, 0.6) is 0 Å². The summed E-state index contributed by atoms with van der Waals surface area (Å²) in [4.78, 5) is 4.66. The molecule has 4 nitrogen and oxygen atoms in total. The third kappa shape index (κ3) is 3.17. The highest BCUT2D eigenvalue weighted by molar-refractivity contribution is 4.88. The topological polar surface area (TPSA) is 35.9 Å². The molecule has 0 aromatic rings. The molecule has 0 radical (unpaired) electrons. The van der Waals surface area contributed by atoms with Gasteiger partial charge in [0.25, 0.3) is 0 Å². The zero-order valence-corrected chi connectivity index (χ0v) is 10.4. The van der Waals surface area contributed by atoms with Crippen LogP contribution in [0, 0.1) is 5.92 Å². The van der Waals surface area contributed by atoms with Crippen molar-refractivity contribution in [3.8, 4) is 0 Å². The molecule has 1 N–H and O–H groups in total. The standard InChI is InChI=1S/C12H24N2O2/c1-13(2)7-11-5-12(15)8-14(11)6-10-3-4-16-9-10/h10-12,15H,3-9H2,1-2H3. The number of nitrogens with zero attached hydrogens (tertiary/aromatic N) is 2. The molecule has 2 saturated heterocycles. The lowest BCUT2D eigenvalue weighted by Gasteiger charge is -2.28. The van der Waals surface area contributed by atoms with Crippen molar-refractivity contribution in [2.75, 3.05) is 46.9 Å². The maximum absolute atomic E-state index is 9.77. The van der Waals surface area contributed by atoms with Gasteiger partial charge in [0.2, 0.25) is 0 Å². The number of hydrogen-bond donors (Lipinski definition) is 1. The van der Waals surface area contributed by atoms with Gasteiger partial charge in [-0.15, -0.1) is 0 Å². The molecule has 16 heavy (non-hydrogen) atoms. The highest BCUT2D eigenvalue weighted by atomic mass is 16.5. The molecule has 2 rings (SSSR count). The van der Waals surface area contributed by atoms with Crippen molar-refractivity contribution in [2.24, 2.45) is 5.92 Å². The number of β-amino-alcohol motifs (C(OH)–C–C–N with tert-alkyl or cyclic N) is 1. The van der Waals surface area contributed by atoms with Crippen LogP contribution < -0.4 is 0 Å². The first-order valence-electron chi connectivity index (χ1n) is 6.29. The number of rotatable bonds is 4. The Bertz CT molecular complexity index is 217. The van der Waals surface area contributed by atoms with Crippen LogP contribution in [0.1, 0.15) is 12.8 Å². The highest BCUT2D eigenvalue weighted by Crippen LogP contribution is 2.22. The van der Waals surface area contributed by atoms with E-state index in [-0.39, 0.29) is 6.10 Å². The highest BCUT2D eigenvalue weighted by Gasteiger charge is 2.33. The maximum Gasteiger partial charge on any atom is 0.0682 e. The lowest BCUT2D eigenvalue weighted by atomic mass is 10.1. The third-order valence-electron chi connectivity index (χ3n) is 3.60. The molecule has 94 valence electrons. The lowest BCUT2D eigenvalue weighted by molar-refractivity contribution is 0.142. The zero-order valence-electron chi connectivity index (χ0n) is 10.4. The Morgan fingerprint density at radius 2 is 2.25 bits per heavy atom. The van der Waals surface area contributed by atoms with Crippen molar-refractivity contribution in [1.82, 2.24) is 9.80 Å². The van der Waals surface area contributed by atoms with Gasteiger partial charge in [-0.2, -0.15) is 0 Å². The first-order chi connectivity index (χ1) is 7.65. The van der Waals surface area contributed by atoms with Gasteiger partial charge in [0.15, 0.2) is 0 Å². The van der Waals surface area contributed by atoms with Crippen molar-refractivity contribution in [1.29, 1.82) is 0 Å². The Hall–Kier alpha value is -0.160. The SMILES string of the molecule is CN(C)CC1CC(O)CN1CC1CCOC1. The molecule has 2 aliphatic rings. The molecule has 0 aromatic carbocycles. The first-order valence-corrected chi connectivity index (χ1v) is 6.29. The molecule has 0 amide bonds. The molecule has 3 unspecified atom stereocenters. The van der Waals surface area contributed by atoms with Crippen LogP contribution in [0.25, 0.3) is 0 Å². The minimum atomic E-state index is -0.132.